The van der Waals surface area contributed by atoms with Crippen molar-refractivity contribution in [3.63, 3.8) is 0 Å². The zero-order valence-corrected chi connectivity index (χ0v) is 49.0. The molecule has 0 saturated heterocycles. The van der Waals surface area contributed by atoms with E-state index in [0.29, 0.717) is 19.3 Å². The molecule has 1 unspecified atom stereocenters. The van der Waals surface area contributed by atoms with Crippen LogP contribution in [0, 0.1) is 0 Å². The van der Waals surface area contributed by atoms with Gasteiger partial charge in [-0.1, -0.05) is 259 Å². The van der Waals surface area contributed by atoms with E-state index in [1.54, 1.807) is 0 Å². The van der Waals surface area contributed by atoms with Gasteiger partial charge < -0.3 is 14.2 Å². The summed E-state index contributed by atoms with van der Waals surface area (Å²) in [4.78, 5) is 38.3. The monoisotopic (exact) mass is 1040 g/mol. The van der Waals surface area contributed by atoms with Crippen molar-refractivity contribution in [2.45, 2.75) is 297 Å². The second kappa shape index (κ2) is 62.6. The predicted molar refractivity (Wildman–Crippen MR) is 325 cm³/mol. The second-order valence-corrected chi connectivity index (χ2v) is 20.5. The fraction of sp³-hybridized carbons (Fsp3) is 0.696. The number of ether oxygens (including phenoxy) is 3. The Morgan fingerprint density at radius 3 is 0.813 bits per heavy atom. The Hall–Kier alpha value is -3.93. The lowest BCUT2D eigenvalue weighted by atomic mass is 10.1. The molecule has 0 radical (unpaired) electrons. The highest BCUT2D eigenvalue weighted by molar-refractivity contribution is 5.71. The highest BCUT2D eigenvalue weighted by Gasteiger charge is 2.19. The SMILES string of the molecule is CC/C=C\C/C=C\C/C=C\C/C=C\CCCCCCCCCCC(=O)OCC(COC(=O)CCCCCCC/C=C\C/C=C\C/C=C\CC)OC(=O)CCCCCCCCCCC/C=C\C/C=C\CCCCCCC. The number of rotatable bonds is 56. The van der Waals surface area contributed by atoms with Gasteiger partial charge in [0, 0.05) is 19.3 Å². The van der Waals surface area contributed by atoms with Crippen LogP contribution in [0.2, 0.25) is 0 Å². The van der Waals surface area contributed by atoms with Crippen molar-refractivity contribution in [3.8, 4) is 0 Å². The number of esters is 3. The molecule has 6 nitrogen and oxygen atoms in total. The highest BCUT2D eigenvalue weighted by Crippen LogP contribution is 2.15. The standard InChI is InChI=1S/C69H116O6/c1-4-7-10-13-16-19-22-25-28-30-32-34-36-38-41-44-47-50-53-56-59-62-68(71)74-65-66(64-73-67(70)61-58-55-52-49-46-43-40-27-24-21-18-15-12-9-6-3)75-69(72)63-60-57-54-51-48-45-42-39-37-35-33-31-29-26-23-20-17-14-11-8-5-2/h7,9-10,12,16,18-19,21,23,25-28,31-34,40,66H,4-6,8,11,13-15,17,20,22,24,29-30,35-39,41-65H2,1-3H3/b10-7-,12-9-,19-16-,21-18-,26-23-,28-25-,33-31-,34-32-,40-27-. The van der Waals surface area contributed by atoms with E-state index in [0.717, 1.165) is 135 Å². The molecular weight excluding hydrogens is 925 g/mol. The zero-order valence-electron chi connectivity index (χ0n) is 49.0. The van der Waals surface area contributed by atoms with Gasteiger partial charge in [0.25, 0.3) is 0 Å². The third kappa shape index (κ3) is 60.8. The van der Waals surface area contributed by atoms with Crippen molar-refractivity contribution >= 4 is 17.9 Å². The maximum absolute atomic E-state index is 12.9. The van der Waals surface area contributed by atoms with Gasteiger partial charge in [-0.3, -0.25) is 14.4 Å². The van der Waals surface area contributed by atoms with Gasteiger partial charge in [-0.05, 0) is 122 Å². The van der Waals surface area contributed by atoms with Crippen molar-refractivity contribution < 1.29 is 28.6 Å². The fourth-order valence-corrected chi connectivity index (χ4v) is 8.60. The van der Waals surface area contributed by atoms with Gasteiger partial charge in [-0.25, -0.2) is 0 Å². The molecule has 0 aliphatic rings. The number of hydrogen-bond acceptors (Lipinski definition) is 6. The summed E-state index contributed by atoms with van der Waals surface area (Å²) in [6.45, 7) is 6.40. The van der Waals surface area contributed by atoms with Crippen LogP contribution >= 0.6 is 0 Å². The minimum Gasteiger partial charge on any atom is -0.462 e. The molecule has 0 heterocycles. The van der Waals surface area contributed by atoms with Crippen LogP contribution in [-0.4, -0.2) is 37.2 Å². The number of unbranched alkanes of at least 4 members (excludes halogenated alkanes) is 27. The van der Waals surface area contributed by atoms with Crippen LogP contribution in [0.25, 0.3) is 0 Å². The van der Waals surface area contributed by atoms with Crippen LogP contribution in [-0.2, 0) is 28.6 Å². The Labute approximate surface area is 463 Å². The van der Waals surface area contributed by atoms with Crippen molar-refractivity contribution in [3.05, 3.63) is 109 Å². The van der Waals surface area contributed by atoms with E-state index in [1.165, 1.54) is 116 Å². The first-order valence-corrected chi connectivity index (χ1v) is 31.4. The molecule has 1 atom stereocenters. The first-order valence-electron chi connectivity index (χ1n) is 31.4. The van der Waals surface area contributed by atoms with Gasteiger partial charge in [-0.2, -0.15) is 0 Å². The molecule has 75 heavy (non-hydrogen) atoms. The van der Waals surface area contributed by atoms with Gasteiger partial charge in [0.2, 0.25) is 0 Å². The molecule has 0 aromatic carbocycles. The number of allylic oxidation sites excluding steroid dienone is 18. The van der Waals surface area contributed by atoms with E-state index < -0.39 is 6.10 Å². The smallest absolute Gasteiger partial charge is 0.306 e. The van der Waals surface area contributed by atoms with E-state index in [4.69, 9.17) is 14.2 Å². The Bertz CT molecular complexity index is 1520. The Kier molecular flexibility index (Phi) is 59.3. The molecule has 0 aromatic rings. The average molecular weight is 1040 g/mol. The van der Waals surface area contributed by atoms with Crippen molar-refractivity contribution in [1.29, 1.82) is 0 Å². The topological polar surface area (TPSA) is 78.9 Å². The van der Waals surface area contributed by atoms with Gasteiger partial charge in [-0.15, -0.1) is 0 Å². The van der Waals surface area contributed by atoms with Gasteiger partial charge in [0.05, 0.1) is 0 Å². The van der Waals surface area contributed by atoms with Crippen LogP contribution in [0.3, 0.4) is 0 Å². The van der Waals surface area contributed by atoms with Crippen LogP contribution in [0.4, 0.5) is 0 Å². The summed E-state index contributed by atoms with van der Waals surface area (Å²) >= 11 is 0. The quantitative estimate of drug-likeness (QED) is 0.0261. The van der Waals surface area contributed by atoms with E-state index in [2.05, 4.69) is 130 Å². The zero-order chi connectivity index (χ0) is 54.3. The first-order chi connectivity index (χ1) is 37.0. The van der Waals surface area contributed by atoms with Crippen LogP contribution in [0.5, 0.6) is 0 Å². The van der Waals surface area contributed by atoms with Gasteiger partial charge >= 0.3 is 17.9 Å². The maximum atomic E-state index is 12.9. The van der Waals surface area contributed by atoms with Crippen molar-refractivity contribution in [2.75, 3.05) is 13.2 Å². The third-order valence-corrected chi connectivity index (χ3v) is 13.2. The minimum absolute atomic E-state index is 0.0905. The van der Waals surface area contributed by atoms with E-state index >= 15 is 0 Å². The molecule has 0 fully saturated rings. The molecule has 0 spiro atoms. The minimum atomic E-state index is -0.794. The summed E-state index contributed by atoms with van der Waals surface area (Å²) in [7, 11) is 0. The Morgan fingerprint density at radius 1 is 0.280 bits per heavy atom. The molecule has 0 aromatic heterocycles. The summed E-state index contributed by atoms with van der Waals surface area (Å²) in [5.41, 5.74) is 0. The molecule has 0 saturated carbocycles. The normalized spacial score (nSPS) is 12.8. The molecule has 0 aliphatic heterocycles. The summed E-state index contributed by atoms with van der Waals surface area (Å²) in [5, 5.41) is 0. The molecule has 0 rings (SSSR count). The Morgan fingerprint density at radius 2 is 0.520 bits per heavy atom. The van der Waals surface area contributed by atoms with E-state index in [9.17, 15) is 14.4 Å². The summed E-state index contributed by atoms with van der Waals surface area (Å²) in [6.07, 6.45) is 85.1. The van der Waals surface area contributed by atoms with Crippen LogP contribution in [0.15, 0.2) is 109 Å². The lowest BCUT2D eigenvalue weighted by Crippen LogP contribution is -2.30. The maximum Gasteiger partial charge on any atom is 0.306 e. The average Bonchev–Trinajstić information content (AvgIpc) is 3.41. The van der Waals surface area contributed by atoms with Crippen LogP contribution < -0.4 is 0 Å². The van der Waals surface area contributed by atoms with E-state index in [-0.39, 0.29) is 31.1 Å². The molecule has 0 N–H and O–H groups in total. The number of carbonyl (C=O) groups is 3. The largest absolute Gasteiger partial charge is 0.462 e. The molecular formula is C69H116O6. The molecule has 0 bridgehead atoms. The molecule has 0 aliphatic carbocycles. The summed E-state index contributed by atoms with van der Waals surface area (Å²) in [5.74, 6) is -0.913. The fourth-order valence-electron chi connectivity index (χ4n) is 8.60. The lowest BCUT2D eigenvalue weighted by molar-refractivity contribution is -0.167. The summed E-state index contributed by atoms with van der Waals surface area (Å²) < 4.78 is 16.9. The highest BCUT2D eigenvalue weighted by atomic mass is 16.6. The lowest BCUT2D eigenvalue weighted by Gasteiger charge is -2.18. The van der Waals surface area contributed by atoms with Gasteiger partial charge in [0.15, 0.2) is 6.10 Å². The first kappa shape index (κ1) is 71.1. The van der Waals surface area contributed by atoms with Crippen LogP contribution in [0.1, 0.15) is 290 Å². The molecule has 0 amide bonds. The summed E-state index contributed by atoms with van der Waals surface area (Å²) in [6, 6.07) is 0. The Balaban J connectivity index is 4.41. The number of hydrogen-bond donors (Lipinski definition) is 0. The molecule has 428 valence electrons. The van der Waals surface area contributed by atoms with E-state index in [1.807, 2.05) is 0 Å². The molecule has 6 heteroatoms. The number of carbonyl (C=O) groups excluding carboxylic acids is 3. The second-order valence-electron chi connectivity index (χ2n) is 20.5. The van der Waals surface area contributed by atoms with Crippen molar-refractivity contribution in [2.24, 2.45) is 0 Å². The predicted octanol–water partition coefficient (Wildman–Crippen LogP) is 21.4. The van der Waals surface area contributed by atoms with Crippen molar-refractivity contribution in [1.82, 2.24) is 0 Å². The van der Waals surface area contributed by atoms with Gasteiger partial charge in [0.1, 0.15) is 13.2 Å². The third-order valence-electron chi connectivity index (χ3n) is 13.2.